The Morgan fingerprint density at radius 3 is 2.50 bits per heavy atom. The quantitative estimate of drug-likeness (QED) is 0.598. The first-order valence-electron chi connectivity index (χ1n) is 5.31. The number of benzene rings is 1. The van der Waals surface area contributed by atoms with Crippen molar-refractivity contribution in [3.05, 3.63) is 42.5 Å². The van der Waals surface area contributed by atoms with E-state index in [0.29, 0.717) is 0 Å². The lowest BCUT2D eigenvalue weighted by molar-refractivity contribution is -0.114. The largest absolute Gasteiger partial charge is 0.309 e. The van der Waals surface area contributed by atoms with Gasteiger partial charge in [0.1, 0.15) is 0 Å². The Morgan fingerprint density at radius 2 is 2.06 bits per heavy atom. The van der Waals surface area contributed by atoms with Gasteiger partial charge in [-0.1, -0.05) is 41.6 Å². The van der Waals surface area contributed by atoms with Crippen LogP contribution in [0.2, 0.25) is 0 Å². The second-order valence-electron chi connectivity index (χ2n) is 3.49. The van der Waals surface area contributed by atoms with E-state index in [4.69, 9.17) is 0 Å². The van der Waals surface area contributed by atoms with Gasteiger partial charge in [0.15, 0.2) is 0 Å². The maximum Gasteiger partial charge on any atom is 0.250 e. The molecule has 0 fully saturated rings. The molecule has 0 aromatic heterocycles. The van der Waals surface area contributed by atoms with Gasteiger partial charge in [-0.2, -0.15) is 0 Å². The topological polar surface area (TPSA) is 20.3 Å². The minimum atomic E-state index is -0.0477. The Balaban J connectivity index is 2.91. The Bertz CT molecular complexity index is 359. The van der Waals surface area contributed by atoms with Gasteiger partial charge >= 0.3 is 0 Å². The summed E-state index contributed by atoms with van der Waals surface area (Å²) >= 11 is 3.40. The van der Waals surface area contributed by atoms with E-state index in [2.05, 4.69) is 29.4 Å². The fourth-order valence-electron chi connectivity index (χ4n) is 1.47. The van der Waals surface area contributed by atoms with E-state index in [0.717, 1.165) is 24.0 Å². The fraction of sp³-hybridized carbons (Fsp3) is 0.308. The predicted molar refractivity (Wildman–Crippen MR) is 71.9 cm³/mol. The lowest BCUT2D eigenvalue weighted by Crippen LogP contribution is -2.29. The maximum atomic E-state index is 11.7. The zero-order chi connectivity index (χ0) is 12.0. The minimum Gasteiger partial charge on any atom is -0.309 e. The Kier molecular flexibility index (Phi) is 5.26. The molecule has 0 unspecified atom stereocenters. The highest BCUT2D eigenvalue weighted by Crippen LogP contribution is 2.17. The fourth-order valence-corrected chi connectivity index (χ4v) is 1.84. The van der Waals surface area contributed by atoms with E-state index in [1.807, 2.05) is 24.3 Å². The second-order valence-corrected chi connectivity index (χ2v) is 4.05. The van der Waals surface area contributed by atoms with Gasteiger partial charge in [0.05, 0.1) is 0 Å². The molecule has 0 radical (unpaired) electrons. The number of carbonyl (C=O) groups is 1. The third kappa shape index (κ3) is 3.20. The summed E-state index contributed by atoms with van der Waals surface area (Å²) in [5.41, 5.74) is 2.13. The Labute approximate surface area is 105 Å². The van der Waals surface area contributed by atoms with Crippen molar-refractivity contribution in [2.75, 3.05) is 11.4 Å². The normalized spacial score (nSPS) is 9.88. The summed E-state index contributed by atoms with van der Waals surface area (Å²) in [6.07, 6.45) is 2.29. The van der Waals surface area contributed by atoms with Crippen LogP contribution in [0.3, 0.4) is 0 Å². The summed E-state index contributed by atoms with van der Waals surface area (Å²) < 4.78 is 0. The van der Waals surface area contributed by atoms with Crippen LogP contribution in [0.5, 0.6) is 0 Å². The van der Waals surface area contributed by atoms with Gasteiger partial charge < -0.3 is 4.90 Å². The summed E-state index contributed by atoms with van der Waals surface area (Å²) in [5.74, 6) is -0.0477. The van der Waals surface area contributed by atoms with Crippen molar-refractivity contribution in [1.29, 1.82) is 0 Å². The Hall–Kier alpha value is -1.09. The first-order valence-corrected chi connectivity index (χ1v) is 6.44. The molecule has 0 saturated heterocycles. The number of hydrogen-bond acceptors (Lipinski definition) is 1. The van der Waals surface area contributed by atoms with Crippen molar-refractivity contribution in [3.8, 4) is 0 Å². The highest BCUT2D eigenvalue weighted by molar-refractivity contribution is 9.08. The zero-order valence-corrected chi connectivity index (χ0v) is 11.0. The van der Waals surface area contributed by atoms with Gasteiger partial charge in [-0.05, 0) is 30.2 Å². The molecule has 1 aromatic carbocycles. The van der Waals surface area contributed by atoms with Gasteiger partial charge in [-0.15, -0.1) is 0 Å². The van der Waals surface area contributed by atoms with E-state index in [1.54, 1.807) is 4.90 Å². The molecule has 86 valence electrons. The molecule has 1 amide bonds. The van der Waals surface area contributed by atoms with Crippen molar-refractivity contribution in [1.82, 2.24) is 0 Å². The lowest BCUT2D eigenvalue weighted by Gasteiger charge is -2.20. The molecule has 0 heterocycles. The van der Waals surface area contributed by atoms with E-state index in [9.17, 15) is 4.79 Å². The standard InChI is InChI=1S/C13H16BrNO/c1-3-9-15(13(16)4-2)12-7-5-11(10-14)6-8-12/h4-8H,2-3,9-10H2,1H3. The molecule has 0 atom stereocenters. The number of carbonyl (C=O) groups excluding carboxylic acids is 1. The molecule has 1 rings (SSSR count). The van der Waals surface area contributed by atoms with E-state index >= 15 is 0 Å². The number of alkyl halides is 1. The van der Waals surface area contributed by atoms with E-state index < -0.39 is 0 Å². The SMILES string of the molecule is C=CC(=O)N(CCC)c1ccc(CBr)cc1. The van der Waals surface area contributed by atoms with Gasteiger partial charge in [0.2, 0.25) is 5.91 Å². The summed E-state index contributed by atoms with van der Waals surface area (Å²) in [4.78, 5) is 13.4. The zero-order valence-electron chi connectivity index (χ0n) is 9.45. The van der Waals surface area contributed by atoms with Crippen LogP contribution >= 0.6 is 15.9 Å². The number of halogens is 1. The first kappa shape index (κ1) is 13.0. The number of hydrogen-bond donors (Lipinski definition) is 0. The monoisotopic (exact) mass is 281 g/mol. The van der Waals surface area contributed by atoms with Crippen LogP contribution in [0.4, 0.5) is 5.69 Å². The highest BCUT2D eigenvalue weighted by atomic mass is 79.9. The van der Waals surface area contributed by atoms with Crippen molar-refractivity contribution in [3.63, 3.8) is 0 Å². The van der Waals surface area contributed by atoms with Gasteiger partial charge in [-0.3, -0.25) is 4.79 Å². The third-order valence-electron chi connectivity index (χ3n) is 2.29. The van der Waals surface area contributed by atoms with E-state index in [1.165, 1.54) is 11.6 Å². The molecule has 0 N–H and O–H groups in total. The van der Waals surface area contributed by atoms with Crippen LogP contribution in [0.1, 0.15) is 18.9 Å². The van der Waals surface area contributed by atoms with Gasteiger partial charge in [0, 0.05) is 17.6 Å². The third-order valence-corrected chi connectivity index (χ3v) is 2.94. The number of amides is 1. The smallest absolute Gasteiger partial charge is 0.250 e. The van der Waals surface area contributed by atoms with Crippen molar-refractivity contribution >= 4 is 27.5 Å². The number of rotatable bonds is 5. The van der Waals surface area contributed by atoms with Crippen molar-refractivity contribution in [2.24, 2.45) is 0 Å². The molecular formula is C13H16BrNO. The van der Waals surface area contributed by atoms with Crippen LogP contribution in [0, 0.1) is 0 Å². The molecule has 0 aliphatic rings. The van der Waals surface area contributed by atoms with Crippen LogP contribution < -0.4 is 4.90 Å². The van der Waals surface area contributed by atoms with Crippen LogP contribution in [0.15, 0.2) is 36.9 Å². The molecular weight excluding hydrogens is 266 g/mol. The summed E-state index contributed by atoms with van der Waals surface area (Å²) in [6, 6.07) is 7.97. The average Bonchev–Trinajstić information content (AvgIpc) is 2.35. The minimum absolute atomic E-state index is 0.0477. The molecule has 0 aliphatic carbocycles. The number of nitrogens with zero attached hydrogens (tertiary/aromatic N) is 1. The van der Waals surface area contributed by atoms with Crippen molar-refractivity contribution in [2.45, 2.75) is 18.7 Å². The summed E-state index contributed by atoms with van der Waals surface area (Å²) in [7, 11) is 0. The van der Waals surface area contributed by atoms with Gasteiger partial charge in [-0.25, -0.2) is 0 Å². The lowest BCUT2D eigenvalue weighted by atomic mass is 10.2. The molecule has 0 aliphatic heterocycles. The van der Waals surface area contributed by atoms with Crippen LogP contribution in [0.25, 0.3) is 0 Å². The molecule has 0 bridgehead atoms. The molecule has 2 nitrogen and oxygen atoms in total. The Morgan fingerprint density at radius 1 is 1.44 bits per heavy atom. The molecule has 0 spiro atoms. The van der Waals surface area contributed by atoms with Crippen LogP contribution in [-0.2, 0) is 10.1 Å². The molecule has 16 heavy (non-hydrogen) atoms. The molecule has 3 heteroatoms. The average molecular weight is 282 g/mol. The van der Waals surface area contributed by atoms with Gasteiger partial charge in [0.25, 0.3) is 0 Å². The van der Waals surface area contributed by atoms with Crippen LogP contribution in [-0.4, -0.2) is 12.5 Å². The van der Waals surface area contributed by atoms with Crippen molar-refractivity contribution < 1.29 is 4.79 Å². The highest BCUT2D eigenvalue weighted by Gasteiger charge is 2.10. The maximum absolute atomic E-state index is 11.7. The second kappa shape index (κ2) is 6.48. The predicted octanol–water partition coefficient (Wildman–Crippen LogP) is 3.51. The molecule has 1 aromatic rings. The summed E-state index contributed by atoms with van der Waals surface area (Å²) in [5, 5.41) is 0.830. The first-order chi connectivity index (χ1) is 7.72. The molecule has 0 saturated carbocycles. The van der Waals surface area contributed by atoms with E-state index in [-0.39, 0.29) is 5.91 Å². The number of anilines is 1. The summed E-state index contributed by atoms with van der Waals surface area (Å²) in [6.45, 7) is 6.30.